The normalized spacial score (nSPS) is 13.2. The molecule has 0 aliphatic heterocycles. The van der Waals surface area contributed by atoms with Gasteiger partial charge in [-0.05, 0) is 79.8 Å². The number of pyridine rings is 1. The number of aliphatic hydroxyl groups is 1. The van der Waals surface area contributed by atoms with E-state index in [4.69, 9.17) is 33.2 Å². The van der Waals surface area contributed by atoms with Gasteiger partial charge in [-0.2, -0.15) is 0 Å². The first-order valence-electron chi connectivity index (χ1n) is 17.9. The molecule has 300 valence electrons. The quantitative estimate of drug-likeness (QED) is 0.0411. The number of amidine groups is 1. The van der Waals surface area contributed by atoms with Crippen LogP contribution >= 0.6 is 0 Å². The van der Waals surface area contributed by atoms with E-state index in [2.05, 4.69) is 27.5 Å². The Morgan fingerprint density at radius 1 is 1.04 bits per heavy atom. The number of esters is 2. The lowest BCUT2D eigenvalue weighted by Crippen LogP contribution is -2.31. The van der Waals surface area contributed by atoms with Crippen molar-refractivity contribution >= 4 is 41.5 Å². The summed E-state index contributed by atoms with van der Waals surface area (Å²) in [6.45, 7) is 10.0. The number of carbonyl (C=O) groups excluding carboxylic acids is 4. The second-order valence-electron chi connectivity index (χ2n) is 13.3. The van der Waals surface area contributed by atoms with Crippen LogP contribution in [0.15, 0.2) is 68.7 Å². The number of ether oxygens (including phenoxy) is 4. The third-order valence-corrected chi connectivity index (χ3v) is 8.68. The molecule has 17 heteroatoms. The minimum absolute atomic E-state index is 0.0332. The number of amides is 2. The van der Waals surface area contributed by atoms with Gasteiger partial charge in [-0.3, -0.25) is 20.3 Å². The Balaban J connectivity index is 1.41. The molecule has 2 heterocycles. The predicted octanol–water partition coefficient (Wildman–Crippen LogP) is 5.45. The Hall–Kier alpha value is -6.75. The van der Waals surface area contributed by atoms with Gasteiger partial charge in [0.2, 0.25) is 6.29 Å². The predicted molar refractivity (Wildman–Crippen MR) is 204 cm³/mol. The Morgan fingerprint density at radius 2 is 1.75 bits per heavy atom. The van der Waals surface area contributed by atoms with Crippen molar-refractivity contribution in [3.63, 3.8) is 0 Å². The summed E-state index contributed by atoms with van der Waals surface area (Å²) in [5.41, 5.74) is 1.54. The van der Waals surface area contributed by atoms with Gasteiger partial charge < -0.3 is 43.5 Å². The molecule has 1 aliphatic carbocycles. The number of methoxy groups -OCH3 is 1. The van der Waals surface area contributed by atoms with Crippen molar-refractivity contribution in [1.82, 2.24) is 15.6 Å². The van der Waals surface area contributed by atoms with Crippen molar-refractivity contribution in [3.8, 4) is 16.9 Å². The first-order chi connectivity index (χ1) is 27.2. The highest BCUT2D eigenvalue weighted by molar-refractivity contribution is 6.04. The number of benzene rings is 2. The average Bonchev–Trinajstić information content (AvgIpc) is 3.96. The van der Waals surface area contributed by atoms with Crippen molar-refractivity contribution in [1.29, 1.82) is 5.41 Å². The zero-order valence-electron chi connectivity index (χ0n) is 31.9. The summed E-state index contributed by atoms with van der Waals surface area (Å²) in [6.07, 6.45) is -0.156. The SMILES string of the molecule is C=Cc1cc(C(O)Nc2ccc(C(=N)NC(=O)OCc3oc(=O)oc3C)cc2)c(-c2ccc(C(=O)NCC3CC3)nc2C(=O)OC(C)OC(=O)C(C)C)cc1OC. The number of hydrogen-bond donors (Lipinski definition) is 5. The molecule has 2 unspecified atom stereocenters. The first-order valence-corrected chi connectivity index (χ1v) is 17.9. The molecule has 1 fully saturated rings. The molecule has 1 saturated carbocycles. The van der Waals surface area contributed by atoms with Crippen molar-refractivity contribution < 1.29 is 52.1 Å². The van der Waals surface area contributed by atoms with Crippen LogP contribution in [-0.4, -0.2) is 59.8 Å². The molecule has 0 saturated heterocycles. The van der Waals surface area contributed by atoms with Crippen LogP contribution < -0.4 is 26.5 Å². The Bertz CT molecular complexity index is 2220. The molecular formula is C40H43N5O12. The molecule has 2 atom stereocenters. The van der Waals surface area contributed by atoms with E-state index in [9.17, 15) is 29.1 Å². The maximum Gasteiger partial charge on any atom is 0.519 e. The lowest BCUT2D eigenvalue weighted by atomic mass is 9.94. The fraction of sp³-hybridized carbons (Fsp3) is 0.325. The highest BCUT2D eigenvalue weighted by atomic mass is 16.7. The van der Waals surface area contributed by atoms with Crippen LogP contribution in [0.4, 0.5) is 10.5 Å². The van der Waals surface area contributed by atoms with Crippen LogP contribution in [0.5, 0.6) is 5.75 Å². The van der Waals surface area contributed by atoms with Gasteiger partial charge in [0.25, 0.3) is 5.91 Å². The van der Waals surface area contributed by atoms with Crippen LogP contribution in [0.3, 0.4) is 0 Å². The number of aliphatic hydroxyl groups excluding tert-OH is 1. The lowest BCUT2D eigenvalue weighted by molar-refractivity contribution is -0.169. The summed E-state index contributed by atoms with van der Waals surface area (Å²) in [5, 5.41) is 28.1. The largest absolute Gasteiger partial charge is 0.519 e. The van der Waals surface area contributed by atoms with E-state index in [1.165, 1.54) is 51.3 Å². The third-order valence-electron chi connectivity index (χ3n) is 8.68. The smallest absolute Gasteiger partial charge is 0.496 e. The van der Waals surface area contributed by atoms with Gasteiger partial charge in [0.05, 0.1) is 13.0 Å². The summed E-state index contributed by atoms with van der Waals surface area (Å²) in [5.74, 6) is -2.86. The molecule has 4 aromatic rings. The molecule has 2 aromatic carbocycles. The third kappa shape index (κ3) is 10.7. The fourth-order valence-electron chi connectivity index (χ4n) is 5.36. The van der Waals surface area contributed by atoms with Crippen LogP contribution in [0, 0.1) is 24.2 Å². The van der Waals surface area contributed by atoms with Crippen LogP contribution in [0.25, 0.3) is 17.2 Å². The Kier molecular flexibility index (Phi) is 13.3. The molecule has 0 radical (unpaired) electrons. The number of alkyl carbamates (subject to hydrolysis) is 1. The molecule has 0 bridgehead atoms. The molecule has 2 amide bonds. The van der Waals surface area contributed by atoms with Gasteiger partial charge in [-0.15, -0.1) is 0 Å². The molecule has 0 spiro atoms. The van der Waals surface area contributed by atoms with E-state index < -0.39 is 48.2 Å². The molecule has 17 nitrogen and oxygen atoms in total. The topological polar surface area (TPSA) is 242 Å². The van der Waals surface area contributed by atoms with Gasteiger partial charge in [0.15, 0.2) is 30.0 Å². The minimum Gasteiger partial charge on any atom is -0.496 e. The van der Waals surface area contributed by atoms with Crippen LogP contribution in [-0.2, 0) is 25.6 Å². The van der Waals surface area contributed by atoms with E-state index >= 15 is 0 Å². The number of aryl methyl sites for hydroxylation is 1. The van der Waals surface area contributed by atoms with Crippen molar-refractivity contribution in [2.24, 2.45) is 11.8 Å². The highest BCUT2D eigenvalue weighted by Gasteiger charge is 2.28. The van der Waals surface area contributed by atoms with Gasteiger partial charge in [0, 0.05) is 41.4 Å². The highest BCUT2D eigenvalue weighted by Crippen LogP contribution is 2.37. The summed E-state index contributed by atoms with van der Waals surface area (Å²) in [7, 11) is 1.44. The Morgan fingerprint density at radius 3 is 2.37 bits per heavy atom. The van der Waals surface area contributed by atoms with Gasteiger partial charge >= 0.3 is 23.9 Å². The summed E-state index contributed by atoms with van der Waals surface area (Å²) in [6, 6.07) is 12.3. The fourth-order valence-corrected chi connectivity index (χ4v) is 5.36. The van der Waals surface area contributed by atoms with Crippen molar-refractivity contribution in [2.45, 2.75) is 59.7 Å². The van der Waals surface area contributed by atoms with Gasteiger partial charge in [0.1, 0.15) is 17.3 Å². The maximum absolute atomic E-state index is 13.8. The molecule has 1 aliphatic rings. The first kappa shape index (κ1) is 41.4. The summed E-state index contributed by atoms with van der Waals surface area (Å²) in [4.78, 5) is 67.0. The molecule has 5 rings (SSSR count). The average molecular weight is 786 g/mol. The summed E-state index contributed by atoms with van der Waals surface area (Å²) >= 11 is 0. The van der Waals surface area contributed by atoms with E-state index in [1.54, 1.807) is 38.1 Å². The molecular weight excluding hydrogens is 742 g/mol. The number of aromatic nitrogens is 1. The van der Waals surface area contributed by atoms with Crippen molar-refractivity contribution in [3.05, 3.63) is 105 Å². The van der Waals surface area contributed by atoms with E-state index in [-0.39, 0.29) is 52.0 Å². The number of rotatable bonds is 16. The maximum atomic E-state index is 13.8. The number of nitrogens with zero attached hydrogens (tertiary/aromatic N) is 1. The number of hydrogen-bond acceptors (Lipinski definition) is 15. The second kappa shape index (κ2) is 18.3. The van der Waals surface area contributed by atoms with E-state index in [0.717, 1.165) is 12.8 Å². The standard InChI is InChI=1S/C40H43N5O12/c1-7-24-16-29(35(46)43-26-12-10-25(11-13-26)34(41)45-39(50)53-19-32-21(4)54-40(51)57-32)28(17-31(24)52-6)27-14-15-30(36(47)42-18-23-8-9-23)44-33(27)38(49)56-22(5)55-37(48)20(2)3/h7,10-17,20,22-23,35,43,46H,1,8-9,18-19H2,2-6H3,(H,42,47)(H2,41,45,50). The minimum atomic E-state index is -1.44. The van der Waals surface area contributed by atoms with Crippen LogP contribution in [0.2, 0.25) is 0 Å². The lowest BCUT2D eigenvalue weighted by Gasteiger charge is -2.22. The second-order valence-corrected chi connectivity index (χ2v) is 13.3. The van der Waals surface area contributed by atoms with Crippen LogP contribution in [0.1, 0.15) is 89.0 Å². The van der Waals surface area contributed by atoms with Gasteiger partial charge in [-0.1, -0.05) is 26.5 Å². The molecule has 57 heavy (non-hydrogen) atoms. The number of anilines is 1. The molecule has 5 N–H and O–H groups in total. The number of nitrogens with one attached hydrogen (secondary N) is 4. The molecule has 2 aromatic heterocycles. The van der Waals surface area contributed by atoms with Crippen molar-refractivity contribution in [2.75, 3.05) is 19.0 Å². The van der Waals surface area contributed by atoms with E-state index in [1.807, 2.05) is 0 Å². The zero-order valence-corrected chi connectivity index (χ0v) is 31.9. The monoisotopic (exact) mass is 785 g/mol. The van der Waals surface area contributed by atoms with Gasteiger partial charge in [-0.25, -0.2) is 19.4 Å². The zero-order chi connectivity index (χ0) is 41.4. The van der Waals surface area contributed by atoms with E-state index in [0.29, 0.717) is 35.0 Å². The summed E-state index contributed by atoms with van der Waals surface area (Å²) < 4.78 is 30.9. The Labute approximate surface area is 326 Å². The number of carbonyl (C=O) groups is 4.